The summed E-state index contributed by atoms with van der Waals surface area (Å²) in [4.78, 5) is 0. The van der Waals surface area contributed by atoms with E-state index in [-0.39, 0.29) is 5.41 Å². The zero-order chi connectivity index (χ0) is 13.9. The molecule has 0 heterocycles. The molecule has 0 spiro atoms. The van der Waals surface area contributed by atoms with Crippen LogP contribution in [0.3, 0.4) is 0 Å². The number of nitrogens with two attached hydrogens (primary N) is 2. The molecule has 0 bridgehead atoms. The van der Waals surface area contributed by atoms with Crippen molar-refractivity contribution < 1.29 is 0 Å². The van der Waals surface area contributed by atoms with Gasteiger partial charge in [0.25, 0.3) is 0 Å². The molecule has 2 nitrogen and oxygen atoms in total. The Morgan fingerprint density at radius 1 is 0.895 bits per heavy atom. The number of anilines is 2. The quantitative estimate of drug-likeness (QED) is 0.643. The van der Waals surface area contributed by atoms with Crippen molar-refractivity contribution in [2.45, 2.75) is 18.8 Å². The molecular formula is C17H20N2. The van der Waals surface area contributed by atoms with Gasteiger partial charge in [0.15, 0.2) is 0 Å². The number of rotatable bonds is 4. The van der Waals surface area contributed by atoms with Crippen LogP contribution in [-0.2, 0) is 5.41 Å². The largest absolute Gasteiger partial charge is 0.399 e. The predicted molar refractivity (Wildman–Crippen MR) is 83.0 cm³/mol. The first kappa shape index (κ1) is 13.2. The number of nitrogen functional groups attached to an aromatic ring is 2. The first-order valence-corrected chi connectivity index (χ1v) is 6.39. The van der Waals surface area contributed by atoms with E-state index in [2.05, 4.69) is 37.8 Å². The van der Waals surface area contributed by atoms with Crippen LogP contribution in [0.25, 0.3) is 0 Å². The normalized spacial score (nSPS) is 11.2. The lowest BCUT2D eigenvalue weighted by molar-refractivity contribution is 0.581. The van der Waals surface area contributed by atoms with Crippen molar-refractivity contribution in [3.63, 3.8) is 0 Å². The third-order valence-electron chi connectivity index (χ3n) is 3.65. The fourth-order valence-electron chi connectivity index (χ4n) is 2.39. The molecule has 0 atom stereocenters. The van der Waals surface area contributed by atoms with Gasteiger partial charge in [-0.3, -0.25) is 0 Å². The molecule has 2 heteroatoms. The number of hydrogen-bond donors (Lipinski definition) is 2. The summed E-state index contributed by atoms with van der Waals surface area (Å²) < 4.78 is 0. The third-order valence-corrected chi connectivity index (χ3v) is 3.65. The van der Waals surface area contributed by atoms with Crippen molar-refractivity contribution in [3.05, 3.63) is 72.3 Å². The molecule has 0 aliphatic carbocycles. The van der Waals surface area contributed by atoms with E-state index in [1.54, 1.807) is 0 Å². The van der Waals surface area contributed by atoms with Gasteiger partial charge in [-0.05, 0) is 41.8 Å². The highest BCUT2D eigenvalue weighted by molar-refractivity contribution is 5.48. The molecule has 2 aromatic rings. The van der Waals surface area contributed by atoms with Gasteiger partial charge >= 0.3 is 0 Å². The Kier molecular flexibility index (Phi) is 3.61. The molecule has 0 amide bonds. The van der Waals surface area contributed by atoms with Crippen LogP contribution >= 0.6 is 0 Å². The highest BCUT2D eigenvalue weighted by atomic mass is 14.5. The van der Waals surface area contributed by atoms with Gasteiger partial charge < -0.3 is 11.5 Å². The maximum Gasteiger partial charge on any atom is 0.0314 e. The van der Waals surface area contributed by atoms with Crippen molar-refractivity contribution in [2.75, 3.05) is 11.5 Å². The summed E-state index contributed by atoms with van der Waals surface area (Å²) in [6, 6.07) is 16.1. The van der Waals surface area contributed by atoms with Crippen LogP contribution in [0.15, 0.2) is 61.2 Å². The molecule has 0 aliphatic rings. The third kappa shape index (κ3) is 2.63. The van der Waals surface area contributed by atoms with Crippen LogP contribution in [0.5, 0.6) is 0 Å². The van der Waals surface area contributed by atoms with Gasteiger partial charge in [-0.2, -0.15) is 0 Å². The van der Waals surface area contributed by atoms with Gasteiger partial charge in [0, 0.05) is 16.8 Å². The molecular weight excluding hydrogens is 232 g/mol. The fraction of sp³-hybridized carbons (Fsp3) is 0.176. The van der Waals surface area contributed by atoms with Crippen LogP contribution in [-0.4, -0.2) is 0 Å². The van der Waals surface area contributed by atoms with Gasteiger partial charge in [-0.25, -0.2) is 0 Å². The minimum Gasteiger partial charge on any atom is -0.399 e. The maximum atomic E-state index is 5.77. The summed E-state index contributed by atoms with van der Waals surface area (Å²) in [5.41, 5.74) is 15.4. The summed E-state index contributed by atoms with van der Waals surface area (Å²) in [6.07, 6.45) is 2.81. The molecule has 0 radical (unpaired) electrons. The van der Waals surface area contributed by atoms with Crippen LogP contribution in [0.2, 0.25) is 0 Å². The second kappa shape index (κ2) is 5.19. The van der Waals surface area contributed by atoms with Crippen LogP contribution in [0.1, 0.15) is 24.5 Å². The van der Waals surface area contributed by atoms with Gasteiger partial charge in [0.05, 0.1) is 0 Å². The van der Waals surface area contributed by atoms with Crippen LogP contribution in [0.4, 0.5) is 11.4 Å². The summed E-state index contributed by atoms with van der Waals surface area (Å²) in [6.45, 7) is 6.10. The fourth-order valence-corrected chi connectivity index (χ4v) is 2.39. The van der Waals surface area contributed by atoms with E-state index in [1.165, 1.54) is 11.1 Å². The molecule has 2 aromatic carbocycles. The first-order chi connectivity index (χ1) is 9.06. The Labute approximate surface area is 114 Å². The Morgan fingerprint density at radius 3 is 1.58 bits per heavy atom. The highest BCUT2D eigenvalue weighted by Crippen LogP contribution is 2.36. The first-order valence-electron chi connectivity index (χ1n) is 6.39. The van der Waals surface area contributed by atoms with E-state index in [0.717, 1.165) is 17.8 Å². The standard InChI is InChI=1S/C17H20N2/c1-3-12-17(2,13-4-8-15(18)9-5-13)14-6-10-16(19)11-7-14/h3-11H,1,12,18-19H2,2H3. The molecule has 2 rings (SSSR count). The van der Waals surface area contributed by atoms with Crippen molar-refractivity contribution in [3.8, 4) is 0 Å². The summed E-state index contributed by atoms with van der Waals surface area (Å²) in [5.74, 6) is 0. The molecule has 0 aliphatic heterocycles. The van der Waals surface area contributed by atoms with Crippen molar-refractivity contribution >= 4 is 11.4 Å². The van der Waals surface area contributed by atoms with Crippen LogP contribution in [0, 0.1) is 0 Å². The molecule has 0 unspecified atom stereocenters. The Bertz CT molecular complexity index is 507. The van der Waals surface area contributed by atoms with E-state index < -0.39 is 0 Å². The summed E-state index contributed by atoms with van der Waals surface area (Å²) in [7, 11) is 0. The number of benzene rings is 2. The number of hydrogen-bond acceptors (Lipinski definition) is 2. The lowest BCUT2D eigenvalue weighted by atomic mass is 9.74. The molecule has 0 fully saturated rings. The smallest absolute Gasteiger partial charge is 0.0314 e. The molecule has 4 N–H and O–H groups in total. The van der Waals surface area contributed by atoms with Crippen molar-refractivity contribution in [1.82, 2.24) is 0 Å². The Balaban J connectivity index is 2.50. The van der Waals surface area contributed by atoms with Gasteiger partial charge in [-0.15, -0.1) is 6.58 Å². The average molecular weight is 252 g/mol. The van der Waals surface area contributed by atoms with Crippen molar-refractivity contribution in [1.29, 1.82) is 0 Å². The molecule has 19 heavy (non-hydrogen) atoms. The van der Waals surface area contributed by atoms with E-state index in [4.69, 9.17) is 11.5 Å². The SMILES string of the molecule is C=CCC(C)(c1ccc(N)cc1)c1ccc(N)cc1. The topological polar surface area (TPSA) is 52.0 Å². The van der Waals surface area contributed by atoms with E-state index in [0.29, 0.717) is 0 Å². The monoisotopic (exact) mass is 252 g/mol. The van der Waals surface area contributed by atoms with Gasteiger partial charge in [0.1, 0.15) is 0 Å². The Hall–Kier alpha value is -2.22. The lowest BCUT2D eigenvalue weighted by Crippen LogP contribution is -2.22. The van der Waals surface area contributed by atoms with Crippen LogP contribution < -0.4 is 11.5 Å². The van der Waals surface area contributed by atoms with Gasteiger partial charge in [0.2, 0.25) is 0 Å². The second-order valence-corrected chi connectivity index (χ2v) is 5.07. The molecule has 0 aromatic heterocycles. The lowest BCUT2D eigenvalue weighted by Gasteiger charge is -2.30. The van der Waals surface area contributed by atoms with E-state index in [1.807, 2.05) is 30.3 Å². The zero-order valence-electron chi connectivity index (χ0n) is 11.3. The maximum absolute atomic E-state index is 5.77. The zero-order valence-corrected chi connectivity index (χ0v) is 11.3. The van der Waals surface area contributed by atoms with E-state index >= 15 is 0 Å². The number of allylic oxidation sites excluding steroid dienone is 1. The molecule has 0 saturated carbocycles. The Morgan fingerprint density at radius 2 is 1.26 bits per heavy atom. The average Bonchev–Trinajstić information content (AvgIpc) is 2.40. The van der Waals surface area contributed by atoms with Crippen molar-refractivity contribution in [2.24, 2.45) is 0 Å². The second-order valence-electron chi connectivity index (χ2n) is 5.07. The molecule has 0 saturated heterocycles. The summed E-state index contributed by atoms with van der Waals surface area (Å²) in [5, 5.41) is 0. The minimum atomic E-state index is -0.108. The minimum absolute atomic E-state index is 0.108. The van der Waals surface area contributed by atoms with E-state index in [9.17, 15) is 0 Å². The predicted octanol–water partition coefficient (Wildman–Crippen LogP) is 3.73. The molecule has 98 valence electrons. The summed E-state index contributed by atoms with van der Waals surface area (Å²) >= 11 is 0. The van der Waals surface area contributed by atoms with Gasteiger partial charge in [-0.1, -0.05) is 37.3 Å². The highest BCUT2D eigenvalue weighted by Gasteiger charge is 2.27.